The second-order valence-electron chi connectivity index (χ2n) is 9.77. The molecule has 0 fully saturated rings. The van der Waals surface area contributed by atoms with Gasteiger partial charge in [-0.1, -0.05) is 102 Å². The molecule has 4 rings (SSSR count). The van der Waals surface area contributed by atoms with Gasteiger partial charge in [0.1, 0.15) is 0 Å². The molecule has 1 aromatic heterocycles. The van der Waals surface area contributed by atoms with Crippen molar-refractivity contribution in [2.24, 2.45) is 0 Å². The van der Waals surface area contributed by atoms with Crippen LogP contribution in [-0.2, 0) is 19.3 Å². The van der Waals surface area contributed by atoms with E-state index in [-0.39, 0.29) is 17.2 Å². The molecule has 9 nitrogen and oxygen atoms in total. The van der Waals surface area contributed by atoms with Crippen molar-refractivity contribution in [3.8, 4) is 17.2 Å². The summed E-state index contributed by atoms with van der Waals surface area (Å²) in [6.45, 7) is 6.08. The molecular formula is C30H27Br6N3O6. The van der Waals surface area contributed by atoms with Gasteiger partial charge in [0.05, 0.1) is 13.4 Å². The monoisotopic (exact) mass is 999 g/mol. The largest absolute Gasteiger partial charge is 0.404 e. The Labute approximate surface area is 309 Å². The summed E-state index contributed by atoms with van der Waals surface area (Å²) >= 11 is 21.3. The highest BCUT2D eigenvalue weighted by atomic mass is 79.9. The molecule has 0 bridgehead atoms. The lowest BCUT2D eigenvalue weighted by Gasteiger charge is -2.18. The maximum Gasteiger partial charge on any atom is 0.404 e. The average molecular weight is 1000 g/mol. The van der Waals surface area contributed by atoms with Crippen molar-refractivity contribution in [1.82, 2.24) is 14.2 Å². The molecule has 0 aliphatic heterocycles. The molecule has 0 N–H and O–H groups in total. The van der Waals surface area contributed by atoms with E-state index >= 15 is 0 Å². The molecule has 45 heavy (non-hydrogen) atoms. The van der Waals surface area contributed by atoms with Crippen LogP contribution in [0.5, 0.6) is 17.2 Å². The molecule has 0 spiro atoms. The van der Waals surface area contributed by atoms with Crippen LogP contribution in [0.15, 0.2) is 77.6 Å². The topological polar surface area (TPSA) is 93.7 Å². The first-order valence-electron chi connectivity index (χ1n) is 13.9. The van der Waals surface area contributed by atoms with Crippen molar-refractivity contribution in [2.45, 2.75) is 59.3 Å². The third-order valence-electron chi connectivity index (χ3n) is 6.56. The van der Waals surface area contributed by atoms with Crippen LogP contribution in [0.2, 0.25) is 0 Å². The van der Waals surface area contributed by atoms with Crippen LogP contribution in [0.1, 0.15) is 56.7 Å². The maximum absolute atomic E-state index is 13.8. The van der Waals surface area contributed by atoms with Gasteiger partial charge in [-0.2, -0.15) is 0 Å². The van der Waals surface area contributed by atoms with Gasteiger partial charge in [-0.15, -0.1) is 0 Å². The lowest BCUT2D eigenvalue weighted by Crippen LogP contribution is -2.58. The van der Waals surface area contributed by atoms with E-state index < -0.39 is 17.1 Å². The Balaban J connectivity index is 1.95. The van der Waals surface area contributed by atoms with Crippen LogP contribution in [0.25, 0.3) is 0 Å². The zero-order valence-corrected chi connectivity index (χ0v) is 33.8. The first-order chi connectivity index (χ1) is 21.4. The summed E-state index contributed by atoms with van der Waals surface area (Å²) in [5.41, 5.74) is -0.878. The Morgan fingerprint density at radius 1 is 0.467 bits per heavy atom. The zero-order chi connectivity index (χ0) is 33.0. The Morgan fingerprint density at radius 3 is 0.933 bits per heavy atom. The molecule has 0 unspecified atom stereocenters. The highest BCUT2D eigenvalue weighted by Crippen LogP contribution is 2.37. The van der Waals surface area contributed by atoms with Gasteiger partial charge in [-0.05, 0) is 120 Å². The predicted octanol–water partition coefficient (Wildman–Crippen LogP) is 9.13. The Hall–Kier alpha value is -1.65. The molecule has 4 aromatic rings. The second-order valence-corrected chi connectivity index (χ2v) is 14.7. The van der Waals surface area contributed by atoms with Crippen molar-refractivity contribution < 1.29 is 14.5 Å². The van der Waals surface area contributed by atoms with Crippen molar-refractivity contribution in [2.75, 3.05) is 0 Å². The molecule has 0 radical (unpaired) electrons. The summed E-state index contributed by atoms with van der Waals surface area (Å²) in [5, 5.41) is 0. The minimum absolute atomic E-state index is 0.169. The van der Waals surface area contributed by atoms with Gasteiger partial charge >= 0.3 is 17.1 Å². The van der Waals surface area contributed by atoms with Crippen LogP contribution in [0, 0.1) is 0 Å². The molecular weight excluding hydrogens is 978 g/mol. The highest BCUT2D eigenvalue weighted by molar-refractivity contribution is 9.11. The van der Waals surface area contributed by atoms with E-state index in [0.717, 1.165) is 49.4 Å². The highest BCUT2D eigenvalue weighted by Gasteiger charge is 2.24. The molecule has 3 aromatic carbocycles. The molecule has 15 heteroatoms. The number of nitrogens with zero attached hydrogens (tertiary/aromatic N) is 3. The number of benzene rings is 3. The molecule has 1 heterocycles. The van der Waals surface area contributed by atoms with E-state index in [1.807, 2.05) is 20.8 Å². The van der Waals surface area contributed by atoms with Gasteiger partial charge in [-0.3, -0.25) is 0 Å². The molecule has 0 aliphatic rings. The van der Waals surface area contributed by atoms with Crippen LogP contribution in [0.3, 0.4) is 0 Å². The quantitative estimate of drug-likeness (QED) is 0.141. The number of hydrogen-bond donors (Lipinski definition) is 0. The van der Waals surface area contributed by atoms with Crippen molar-refractivity contribution in [3.05, 3.63) is 111 Å². The minimum atomic E-state index is -1.18. The van der Waals surface area contributed by atoms with Crippen molar-refractivity contribution in [3.63, 3.8) is 0 Å². The second kappa shape index (κ2) is 16.0. The predicted molar refractivity (Wildman–Crippen MR) is 195 cm³/mol. The van der Waals surface area contributed by atoms with Gasteiger partial charge < -0.3 is 14.5 Å². The summed E-state index contributed by atoms with van der Waals surface area (Å²) in [5.74, 6) is 0.508. The Morgan fingerprint density at radius 2 is 0.711 bits per heavy atom. The van der Waals surface area contributed by atoms with Crippen LogP contribution >= 0.6 is 95.6 Å². The summed E-state index contributed by atoms with van der Waals surface area (Å²) in [4.78, 5) is 59.1. The van der Waals surface area contributed by atoms with Gasteiger partial charge in [-0.25, -0.2) is 14.4 Å². The third-order valence-corrected chi connectivity index (χ3v) is 11.4. The van der Waals surface area contributed by atoms with E-state index in [4.69, 9.17) is 14.5 Å². The van der Waals surface area contributed by atoms with Crippen molar-refractivity contribution in [1.29, 1.82) is 0 Å². The molecule has 0 atom stereocenters. The summed E-state index contributed by atoms with van der Waals surface area (Å²) in [6, 6.07) is 10.0. The Bertz CT molecular complexity index is 1670. The normalized spacial score (nSPS) is 11.1. The molecule has 0 saturated carbocycles. The van der Waals surface area contributed by atoms with E-state index in [2.05, 4.69) is 95.6 Å². The summed E-state index contributed by atoms with van der Waals surface area (Å²) in [7, 11) is 0. The summed E-state index contributed by atoms with van der Waals surface area (Å²) in [6.07, 6.45) is 4.59. The van der Waals surface area contributed by atoms with Gasteiger partial charge in [0.15, 0.2) is 17.2 Å². The summed E-state index contributed by atoms with van der Waals surface area (Å²) < 4.78 is 5.37. The minimum Gasteiger partial charge on any atom is -0.365 e. The first kappa shape index (κ1) is 36.2. The number of halogens is 6. The van der Waals surface area contributed by atoms with E-state index in [1.165, 1.54) is 0 Å². The molecule has 0 saturated heterocycles. The number of hydrogen-bond acceptors (Lipinski definition) is 6. The SMILES string of the molecule is CCCc1c(Br)ccc(On2c(=O)n(Oc3ccc(Br)c(CCC)c3Br)c(=O)n(Oc3ccc(Br)c(CCC)c3Br)c2=O)c1Br. The first-order valence-corrected chi connectivity index (χ1v) is 18.7. The smallest absolute Gasteiger partial charge is 0.365 e. The molecule has 0 amide bonds. The van der Waals surface area contributed by atoms with E-state index in [9.17, 15) is 14.4 Å². The fourth-order valence-corrected chi connectivity index (χ4v) is 8.63. The van der Waals surface area contributed by atoms with E-state index in [0.29, 0.717) is 46.9 Å². The standard InChI is InChI=1S/C30H27Br6N3O6/c1-4-7-16-19(31)10-13-22(25(16)34)43-37-28(40)38(44-23-14-11-20(32)17(8-5-2)26(23)35)30(42)39(29(37)41)45-24-15-12-21(33)18(9-6-3)27(24)36/h10-15H,4-9H2,1-3H3. The van der Waals surface area contributed by atoms with Gasteiger partial charge in [0.25, 0.3) is 0 Å². The van der Waals surface area contributed by atoms with Crippen molar-refractivity contribution >= 4 is 95.6 Å². The maximum atomic E-state index is 13.8. The Kier molecular flexibility index (Phi) is 12.8. The number of aromatic nitrogens is 3. The fourth-order valence-electron chi connectivity index (χ4n) is 4.40. The van der Waals surface area contributed by atoms with Crippen LogP contribution < -0.4 is 31.6 Å². The fraction of sp³-hybridized carbons (Fsp3) is 0.300. The van der Waals surface area contributed by atoms with Crippen LogP contribution in [-0.4, -0.2) is 14.2 Å². The zero-order valence-electron chi connectivity index (χ0n) is 24.3. The van der Waals surface area contributed by atoms with Crippen LogP contribution in [0.4, 0.5) is 0 Å². The third kappa shape index (κ3) is 7.75. The van der Waals surface area contributed by atoms with Gasteiger partial charge in [0, 0.05) is 13.4 Å². The lowest BCUT2D eigenvalue weighted by atomic mass is 10.1. The molecule has 240 valence electrons. The van der Waals surface area contributed by atoms with E-state index in [1.54, 1.807) is 36.4 Å². The average Bonchev–Trinajstić information content (AvgIpc) is 3.01. The lowest BCUT2D eigenvalue weighted by molar-refractivity contribution is 0.0644. The molecule has 0 aliphatic carbocycles. The number of rotatable bonds is 12. The van der Waals surface area contributed by atoms with Gasteiger partial charge in [0.2, 0.25) is 0 Å².